The maximum atomic E-state index is 3.72. The van der Waals surface area contributed by atoms with E-state index in [4.69, 9.17) is 0 Å². The molecule has 0 unspecified atom stereocenters. The monoisotopic (exact) mass is 594 g/mol. The summed E-state index contributed by atoms with van der Waals surface area (Å²) in [5.74, 6) is 0. The lowest BCUT2D eigenvalue weighted by molar-refractivity contribution is 1.29. The van der Waals surface area contributed by atoms with E-state index in [1.807, 2.05) is 11.3 Å². The van der Waals surface area contributed by atoms with Crippen LogP contribution in [0.1, 0.15) is 0 Å². The molecule has 214 valence electrons. The average molecular weight is 595 g/mol. The van der Waals surface area contributed by atoms with E-state index in [2.05, 4.69) is 186 Å². The first-order valence-corrected chi connectivity index (χ1v) is 16.0. The van der Waals surface area contributed by atoms with E-state index in [0.29, 0.717) is 0 Å². The van der Waals surface area contributed by atoms with Crippen molar-refractivity contribution in [3.05, 3.63) is 176 Å². The van der Waals surface area contributed by atoms with Crippen molar-refractivity contribution in [1.82, 2.24) is 0 Å². The molecule has 0 bridgehead atoms. The van der Waals surface area contributed by atoms with Crippen LogP contribution < -0.4 is 10.2 Å². The molecule has 8 rings (SSSR count). The molecule has 8 aromatic rings. The van der Waals surface area contributed by atoms with Crippen molar-refractivity contribution in [1.29, 1.82) is 0 Å². The van der Waals surface area contributed by atoms with Gasteiger partial charge in [0.1, 0.15) is 0 Å². The standard InChI is InChI=1S/C42H30N2S/c1-5-13-30(14-6-1)37-24-21-32(27-38(37)31-15-7-2-8-16-31)43-33-22-25-41-39(28-33)40-29-36(23-26-42(40)45-41)44(34-17-9-3-10-18-34)35-19-11-4-12-20-35/h1-29,43H. The zero-order chi connectivity index (χ0) is 30.0. The Labute approximate surface area is 267 Å². The Morgan fingerprint density at radius 2 is 0.867 bits per heavy atom. The van der Waals surface area contributed by atoms with E-state index in [-0.39, 0.29) is 0 Å². The van der Waals surface area contributed by atoms with Crippen LogP contribution in [0.4, 0.5) is 28.4 Å². The van der Waals surface area contributed by atoms with Crippen LogP contribution in [-0.2, 0) is 0 Å². The Balaban J connectivity index is 1.19. The fraction of sp³-hybridized carbons (Fsp3) is 0. The molecule has 7 aromatic carbocycles. The van der Waals surface area contributed by atoms with E-state index >= 15 is 0 Å². The van der Waals surface area contributed by atoms with Crippen LogP contribution in [0.2, 0.25) is 0 Å². The molecule has 0 saturated heterocycles. The van der Waals surface area contributed by atoms with Gasteiger partial charge in [-0.1, -0.05) is 103 Å². The number of benzene rings is 7. The highest BCUT2D eigenvalue weighted by Gasteiger charge is 2.15. The molecule has 1 heterocycles. The molecule has 0 spiro atoms. The molecule has 45 heavy (non-hydrogen) atoms. The molecule has 0 aliphatic heterocycles. The first-order valence-electron chi connectivity index (χ1n) is 15.2. The molecule has 0 radical (unpaired) electrons. The normalized spacial score (nSPS) is 11.1. The van der Waals surface area contributed by atoms with E-state index in [0.717, 1.165) is 28.4 Å². The summed E-state index contributed by atoms with van der Waals surface area (Å²) in [4.78, 5) is 2.32. The largest absolute Gasteiger partial charge is 0.355 e. The number of anilines is 5. The molecule has 1 N–H and O–H groups in total. The van der Waals surface area contributed by atoms with Crippen molar-refractivity contribution in [3.63, 3.8) is 0 Å². The molecule has 0 aliphatic rings. The zero-order valence-corrected chi connectivity index (χ0v) is 25.4. The minimum atomic E-state index is 1.06. The number of fused-ring (bicyclic) bond motifs is 3. The van der Waals surface area contributed by atoms with Gasteiger partial charge in [0.2, 0.25) is 0 Å². The fourth-order valence-corrected chi connectivity index (χ4v) is 7.16. The highest BCUT2D eigenvalue weighted by atomic mass is 32.1. The maximum Gasteiger partial charge on any atom is 0.0468 e. The van der Waals surface area contributed by atoms with Crippen LogP contribution in [0, 0.1) is 0 Å². The Kier molecular flexibility index (Phi) is 7.07. The van der Waals surface area contributed by atoms with Gasteiger partial charge in [-0.25, -0.2) is 0 Å². The predicted molar refractivity (Wildman–Crippen MR) is 195 cm³/mol. The summed E-state index contributed by atoms with van der Waals surface area (Å²) in [6.07, 6.45) is 0. The number of hydrogen-bond donors (Lipinski definition) is 1. The highest BCUT2D eigenvalue weighted by Crippen LogP contribution is 2.42. The topological polar surface area (TPSA) is 15.3 Å². The third-order valence-corrected chi connectivity index (χ3v) is 9.37. The minimum absolute atomic E-state index is 1.06. The summed E-state index contributed by atoms with van der Waals surface area (Å²) in [7, 11) is 0. The SMILES string of the molecule is c1ccc(-c2ccc(Nc3ccc4sc5ccc(N(c6ccccc6)c6ccccc6)cc5c4c3)cc2-c2ccccc2)cc1. The average Bonchev–Trinajstić information content (AvgIpc) is 3.47. The van der Waals surface area contributed by atoms with Crippen molar-refractivity contribution in [2.24, 2.45) is 0 Å². The van der Waals surface area contributed by atoms with Gasteiger partial charge in [-0.05, 0) is 95.1 Å². The first-order chi connectivity index (χ1) is 22.3. The molecule has 0 aliphatic carbocycles. The summed E-state index contributed by atoms with van der Waals surface area (Å²) in [6.45, 7) is 0. The Bertz CT molecular complexity index is 2190. The van der Waals surface area contributed by atoms with Gasteiger partial charge in [0.25, 0.3) is 0 Å². The van der Waals surface area contributed by atoms with Gasteiger partial charge in [0.15, 0.2) is 0 Å². The van der Waals surface area contributed by atoms with Crippen molar-refractivity contribution in [2.75, 3.05) is 10.2 Å². The summed E-state index contributed by atoms with van der Waals surface area (Å²) in [5.41, 5.74) is 10.4. The van der Waals surface area contributed by atoms with Gasteiger partial charge in [0, 0.05) is 48.6 Å². The van der Waals surface area contributed by atoms with E-state index in [1.165, 1.54) is 42.4 Å². The quantitative estimate of drug-likeness (QED) is 0.197. The summed E-state index contributed by atoms with van der Waals surface area (Å²) in [6, 6.07) is 62.6. The van der Waals surface area contributed by atoms with Gasteiger partial charge < -0.3 is 10.2 Å². The Hall–Kier alpha value is -5.64. The second-order valence-corrected chi connectivity index (χ2v) is 12.2. The molecular formula is C42H30N2S. The van der Waals surface area contributed by atoms with Crippen LogP contribution >= 0.6 is 11.3 Å². The smallest absolute Gasteiger partial charge is 0.0468 e. The van der Waals surface area contributed by atoms with Crippen LogP contribution in [0.3, 0.4) is 0 Å². The van der Waals surface area contributed by atoms with Gasteiger partial charge in [-0.2, -0.15) is 0 Å². The third kappa shape index (κ3) is 5.35. The highest BCUT2D eigenvalue weighted by molar-refractivity contribution is 7.25. The molecule has 1 aromatic heterocycles. The van der Waals surface area contributed by atoms with Crippen molar-refractivity contribution in [2.45, 2.75) is 0 Å². The number of hydrogen-bond acceptors (Lipinski definition) is 3. The Morgan fingerprint density at radius 1 is 0.378 bits per heavy atom. The van der Waals surface area contributed by atoms with Crippen molar-refractivity contribution in [3.8, 4) is 22.3 Å². The van der Waals surface area contributed by atoms with Crippen molar-refractivity contribution < 1.29 is 0 Å². The molecule has 0 atom stereocenters. The molecule has 2 nitrogen and oxygen atoms in total. The Morgan fingerprint density at radius 3 is 1.49 bits per heavy atom. The molecule has 3 heteroatoms. The second-order valence-electron chi connectivity index (χ2n) is 11.1. The number of nitrogens with zero attached hydrogens (tertiary/aromatic N) is 1. The third-order valence-electron chi connectivity index (χ3n) is 8.22. The minimum Gasteiger partial charge on any atom is -0.355 e. The zero-order valence-electron chi connectivity index (χ0n) is 24.6. The van der Waals surface area contributed by atoms with Crippen LogP contribution in [0.15, 0.2) is 176 Å². The second kappa shape index (κ2) is 11.8. The van der Waals surface area contributed by atoms with E-state index < -0.39 is 0 Å². The van der Waals surface area contributed by atoms with Crippen molar-refractivity contribution >= 4 is 59.9 Å². The van der Waals surface area contributed by atoms with Gasteiger partial charge >= 0.3 is 0 Å². The number of thiophene rings is 1. The number of nitrogens with one attached hydrogen (secondary N) is 1. The van der Waals surface area contributed by atoms with Gasteiger partial charge in [-0.15, -0.1) is 11.3 Å². The summed E-state index contributed by atoms with van der Waals surface area (Å²) < 4.78 is 2.56. The van der Waals surface area contributed by atoms with Crippen LogP contribution in [0.5, 0.6) is 0 Å². The summed E-state index contributed by atoms with van der Waals surface area (Å²) >= 11 is 1.84. The summed E-state index contributed by atoms with van der Waals surface area (Å²) in [5, 5.41) is 6.24. The van der Waals surface area contributed by atoms with Crippen LogP contribution in [0.25, 0.3) is 42.4 Å². The lowest BCUT2D eigenvalue weighted by Crippen LogP contribution is -2.09. The molecule has 0 saturated carbocycles. The lowest BCUT2D eigenvalue weighted by Gasteiger charge is -2.25. The fourth-order valence-electron chi connectivity index (χ4n) is 6.10. The van der Waals surface area contributed by atoms with Gasteiger partial charge in [0.05, 0.1) is 0 Å². The van der Waals surface area contributed by atoms with Gasteiger partial charge in [-0.3, -0.25) is 0 Å². The van der Waals surface area contributed by atoms with E-state index in [1.54, 1.807) is 0 Å². The predicted octanol–water partition coefficient (Wildman–Crippen LogP) is 12.6. The van der Waals surface area contributed by atoms with E-state index in [9.17, 15) is 0 Å². The molecular weight excluding hydrogens is 565 g/mol. The number of rotatable bonds is 7. The lowest BCUT2D eigenvalue weighted by atomic mass is 9.94. The molecule has 0 amide bonds. The number of para-hydroxylation sites is 2. The van der Waals surface area contributed by atoms with Crippen LogP contribution in [-0.4, -0.2) is 0 Å². The first kappa shape index (κ1) is 26.9. The molecule has 0 fully saturated rings. The maximum absolute atomic E-state index is 3.72.